The standard InChI is InChI=1S/C14H17BrN2O/c1-10(7-13-3-2-6-18-13)17-9-11-4-5-12(15)8-14(11)16/h2-6,8,10,17H,7,9,16H2,1H3. The second-order valence-electron chi connectivity index (χ2n) is 4.41. The lowest BCUT2D eigenvalue weighted by Gasteiger charge is -2.13. The van der Waals surface area contributed by atoms with Gasteiger partial charge in [-0.1, -0.05) is 22.0 Å². The summed E-state index contributed by atoms with van der Waals surface area (Å²) in [6.07, 6.45) is 2.58. The van der Waals surface area contributed by atoms with Crippen LogP contribution < -0.4 is 11.1 Å². The van der Waals surface area contributed by atoms with Gasteiger partial charge in [-0.05, 0) is 36.8 Å². The maximum atomic E-state index is 5.96. The molecule has 96 valence electrons. The summed E-state index contributed by atoms with van der Waals surface area (Å²) >= 11 is 3.40. The van der Waals surface area contributed by atoms with Crippen molar-refractivity contribution in [3.63, 3.8) is 0 Å². The molecule has 3 nitrogen and oxygen atoms in total. The van der Waals surface area contributed by atoms with Crippen molar-refractivity contribution in [2.45, 2.75) is 25.9 Å². The van der Waals surface area contributed by atoms with Crippen LogP contribution in [0.1, 0.15) is 18.2 Å². The van der Waals surface area contributed by atoms with Crippen molar-refractivity contribution < 1.29 is 4.42 Å². The molecule has 1 unspecified atom stereocenters. The molecule has 0 aliphatic rings. The highest BCUT2D eigenvalue weighted by Gasteiger charge is 2.06. The van der Waals surface area contributed by atoms with Crippen LogP contribution in [0.25, 0.3) is 0 Å². The van der Waals surface area contributed by atoms with Gasteiger partial charge >= 0.3 is 0 Å². The molecular weight excluding hydrogens is 292 g/mol. The zero-order valence-corrected chi connectivity index (χ0v) is 11.9. The molecule has 0 spiro atoms. The number of anilines is 1. The molecule has 1 atom stereocenters. The highest BCUT2D eigenvalue weighted by atomic mass is 79.9. The lowest BCUT2D eigenvalue weighted by molar-refractivity contribution is 0.456. The molecule has 0 saturated carbocycles. The average Bonchev–Trinajstić information content (AvgIpc) is 2.80. The topological polar surface area (TPSA) is 51.2 Å². The molecule has 2 aromatic rings. The van der Waals surface area contributed by atoms with Crippen molar-refractivity contribution in [1.82, 2.24) is 5.32 Å². The molecule has 0 aliphatic carbocycles. The van der Waals surface area contributed by atoms with Gasteiger partial charge in [0.05, 0.1) is 6.26 Å². The van der Waals surface area contributed by atoms with Crippen LogP contribution in [0.2, 0.25) is 0 Å². The maximum Gasteiger partial charge on any atom is 0.105 e. The molecule has 3 N–H and O–H groups in total. The van der Waals surface area contributed by atoms with Crippen molar-refractivity contribution >= 4 is 21.6 Å². The van der Waals surface area contributed by atoms with E-state index in [1.807, 2.05) is 30.3 Å². The minimum atomic E-state index is 0.346. The van der Waals surface area contributed by atoms with E-state index >= 15 is 0 Å². The maximum absolute atomic E-state index is 5.96. The molecule has 0 radical (unpaired) electrons. The molecular formula is C14H17BrN2O. The monoisotopic (exact) mass is 308 g/mol. The van der Waals surface area contributed by atoms with E-state index in [2.05, 4.69) is 28.2 Å². The van der Waals surface area contributed by atoms with E-state index in [1.165, 1.54) is 0 Å². The number of hydrogen-bond acceptors (Lipinski definition) is 3. The van der Waals surface area contributed by atoms with Crippen molar-refractivity contribution in [1.29, 1.82) is 0 Å². The highest BCUT2D eigenvalue weighted by molar-refractivity contribution is 9.10. The summed E-state index contributed by atoms with van der Waals surface area (Å²) in [5, 5.41) is 3.44. The number of furan rings is 1. The van der Waals surface area contributed by atoms with Gasteiger partial charge in [0.15, 0.2) is 0 Å². The fourth-order valence-electron chi connectivity index (χ4n) is 1.81. The normalized spacial score (nSPS) is 12.6. The summed E-state index contributed by atoms with van der Waals surface area (Å²) in [4.78, 5) is 0. The van der Waals surface area contributed by atoms with Gasteiger partial charge in [-0.2, -0.15) is 0 Å². The van der Waals surface area contributed by atoms with Crippen molar-refractivity contribution in [3.8, 4) is 0 Å². The molecule has 0 fully saturated rings. The van der Waals surface area contributed by atoms with E-state index in [0.717, 1.165) is 34.4 Å². The first-order chi connectivity index (χ1) is 8.65. The molecule has 18 heavy (non-hydrogen) atoms. The first-order valence-electron chi connectivity index (χ1n) is 5.95. The number of nitrogens with two attached hydrogens (primary N) is 1. The number of benzene rings is 1. The van der Waals surface area contributed by atoms with Crippen LogP contribution in [0.5, 0.6) is 0 Å². The van der Waals surface area contributed by atoms with Crippen LogP contribution >= 0.6 is 15.9 Å². The minimum absolute atomic E-state index is 0.346. The number of halogens is 1. The van der Waals surface area contributed by atoms with Gasteiger partial charge in [-0.25, -0.2) is 0 Å². The zero-order valence-electron chi connectivity index (χ0n) is 10.3. The van der Waals surface area contributed by atoms with Crippen molar-refractivity contribution in [2.24, 2.45) is 0 Å². The highest BCUT2D eigenvalue weighted by Crippen LogP contribution is 2.18. The Morgan fingerprint density at radius 2 is 2.22 bits per heavy atom. The molecule has 1 heterocycles. The van der Waals surface area contributed by atoms with E-state index in [9.17, 15) is 0 Å². The van der Waals surface area contributed by atoms with E-state index in [-0.39, 0.29) is 0 Å². The fraction of sp³-hybridized carbons (Fsp3) is 0.286. The van der Waals surface area contributed by atoms with Crippen LogP contribution in [-0.2, 0) is 13.0 Å². The second-order valence-corrected chi connectivity index (χ2v) is 5.32. The predicted molar refractivity (Wildman–Crippen MR) is 77.3 cm³/mol. The van der Waals surface area contributed by atoms with Gasteiger partial charge in [-0.15, -0.1) is 0 Å². The minimum Gasteiger partial charge on any atom is -0.469 e. The number of nitrogens with one attached hydrogen (secondary N) is 1. The van der Waals surface area contributed by atoms with E-state index in [0.29, 0.717) is 6.04 Å². The molecule has 1 aromatic heterocycles. The number of hydrogen-bond donors (Lipinski definition) is 2. The SMILES string of the molecule is CC(Cc1ccco1)NCc1ccc(Br)cc1N. The smallest absolute Gasteiger partial charge is 0.105 e. The summed E-state index contributed by atoms with van der Waals surface area (Å²) in [5.74, 6) is 0.999. The van der Waals surface area contributed by atoms with Crippen LogP contribution in [0.15, 0.2) is 45.5 Å². The predicted octanol–water partition coefficient (Wildman–Crippen LogP) is 3.35. The molecule has 0 bridgehead atoms. The Balaban J connectivity index is 1.87. The first-order valence-corrected chi connectivity index (χ1v) is 6.74. The summed E-state index contributed by atoms with van der Waals surface area (Å²) in [6.45, 7) is 2.90. The van der Waals surface area contributed by atoms with Crippen LogP contribution in [-0.4, -0.2) is 6.04 Å². The quantitative estimate of drug-likeness (QED) is 0.833. The molecule has 0 amide bonds. The third-order valence-electron chi connectivity index (χ3n) is 2.84. The molecule has 1 aromatic carbocycles. The largest absolute Gasteiger partial charge is 0.469 e. The first kappa shape index (κ1) is 13.2. The molecule has 0 saturated heterocycles. The third kappa shape index (κ3) is 3.62. The van der Waals surface area contributed by atoms with Gasteiger partial charge in [0.25, 0.3) is 0 Å². The van der Waals surface area contributed by atoms with Gasteiger partial charge in [-0.3, -0.25) is 0 Å². The fourth-order valence-corrected chi connectivity index (χ4v) is 2.19. The van der Waals surface area contributed by atoms with Crippen molar-refractivity contribution in [2.75, 3.05) is 5.73 Å². The Hall–Kier alpha value is -1.26. The van der Waals surface area contributed by atoms with E-state index < -0.39 is 0 Å². The summed E-state index contributed by atoms with van der Waals surface area (Å²) < 4.78 is 6.33. The number of nitrogen functional groups attached to an aromatic ring is 1. The Morgan fingerprint density at radius 3 is 2.89 bits per heavy atom. The summed E-state index contributed by atoms with van der Waals surface area (Å²) in [5.41, 5.74) is 7.88. The van der Waals surface area contributed by atoms with Crippen LogP contribution in [0, 0.1) is 0 Å². The Kier molecular flexibility index (Phi) is 4.44. The molecule has 2 rings (SSSR count). The summed E-state index contributed by atoms with van der Waals surface area (Å²) in [7, 11) is 0. The van der Waals surface area contributed by atoms with E-state index in [1.54, 1.807) is 6.26 Å². The van der Waals surface area contributed by atoms with Gasteiger partial charge in [0.2, 0.25) is 0 Å². The molecule has 0 aliphatic heterocycles. The Labute approximate surface area is 115 Å². The number of rotatable bonds is 5. The van der Waals surface area contributed by atoms with E-state index in [4.69, 9.17) is 10.2 Å². The Morgan fingerprint density at radius 1 is 1.39 bits per heavy atom. The Bertz CT molecular complexity index is 497. The van der Waals surface area contributed by atoms with Gasteiger partial charge in [0.1, 0.15) is 5.76 Å². The van der Waals surface area contributed by atoms with Crippen LogP contribution in [0.3, 0.4) is 0 Å². The van der Waals surface area contributed by atoms with Crippen molar-refractivity contribution in [3.05, 3.63) is 52.4 Å². The summed E-state index contributed by atoms with van der Waals surface area (Å²) in [6, 6.07) is 10.2. The average molecular weight is 309 g/mol. The second kappa shape index (κ2) is 6.07. The lowest BCUT2D eigenvalue weighted by atomic mass is 10.1. The lowest BCUT2D eigenvalue weighted by Crippen LogP contribution is -2.27. The third-order valence-corrected chi connectivity index (χ3v) is 3.33. The molecule has 4 heteroatoms. The van der Waals surface area contributed by atoms with Crippen LogP contribution in [0.4, 0.5) is 5.69 Å². The van der Waals surface area contributed by atoms with Gasteiger partial charge < -0.3 is 15.5 Å². The zero-order chi connectivity index (χ0) is 13.0. The van der Waals surface area contributed by atoms with Gasteiger partial charge in [0, 0.05) is 29.2 Å².